The molecular weight excluding hydrogens is 224 g/mol. The van der Waals surface area contributed by atoms with Gasteiger partial charge in [0, 0.05) is 0 Å². The molecule has 0 saturated carbocycles. The van der Waals surface area contributed by atoms with E-state index in [1.807, 2.05) is 0 Å². The zero-order chi connectivity index (χ0) is 13.8. The first-order valence-electron chi connectivity index (χ1n) is 7.84. The van der Waals surface area contributed by atoms with Gasteiger partial charge in [0.15, 0.2) is 0 Å². The average Bonchev–Trinajstić information content (AvgIpc) is 2.34. The van der Waals surface area contributed by atoms with Crippen LogP contribution in [0.25, 0.3) is 0 Å². The third-order valence-corrected chi connectivity index (χ3v) is 3.81. The SMILES string of the molecule is CCCCC(C)CCCCC(CCCC)C(=O)O. The Morgan fingerprint density at radius 1 is 0.889 bits per heavy atom. The van der Waals surface area contributed by atoms with E-state index in [9.17, 15) is 4.79 Å². The van der Waals surface area contributed by atoms with Gasteiger partial charge in [-0.15, -0.1) is 0 Å². The van der Waals surface area contributed by atoms with Crippen molar-refractivity contribution in [3.8, 4) is 0 Å². The van der Waals surface area contributed by atoms with E-state index in [2.05, 4.69) is 20.8 Å². The van der Waals surface area contributed by atoms with E-state index in [-0.39, 0.29) is 5.92 Å². The Bertz CT molecular complexity index is 201. The van der Waals surface area contributed by atoms with E-state index in [1.54, 1.807) is 0 Å². The van der Waals surface area contributed by atoms with Crippen LogP contribution in [0.4, 0.5) is 0 Å². The highest BCUT2D eigenvalue weighted by atomic mass is 16.4. The number of carboxylic acid groups (broad SMARTS) is 1. The molecule has 0 aliphatic rings. The van der Waals surface area contributed by atoms with Crippen molar-refractivity contribution in [3.05, 3.63) is 0 Å². The average molecular weight is 256 g/mol. The number of aliphatic carboxylic acids is 1. The lowest BCUT2D eigenvalue weighted by Gasteiger charge is -2.13. The summed E-state index contributed by atoms with van der Waals surface area (Å²) in [7, 11) is 0. The number of carbonyl (C=O) groups is 1. The number of unbranched alkanes of at least 4 members (excludes halogenated alkanes) is 3. The molecule has 0 radical (unpaired) electrons. The van der Waals surface area contributed by atoms with Gasteiger partial charge < -0.3 is 5.11 Å². The predicted molar refractivity (Wildman–Crippen MR) is 77.8 cm³/mol. The minimum Gasteiger partial charge on any atom is -0.481 e. The topological polar surface area (TPSA) is 37.3 Å². The Kier molecular flexibility index (Phi) is 11.2. The zero-order valence-electron chi connectivity index (χ0n) is 12.6. The molecule has 2 atom stereocenters. The van der Waals surface area contributed by atoms with Crippen LogP contribution >= 0.6 is 0 Å². The summed E-state index contributed by atoms with van der Waals surface area (Å²) < 4.78 is 0. The van der Waals surface area contributed by atoms with Crippen LogP contribution in [0.2, 0.25) is 0 Å². The van der Waals surface area contributed by atoms with Gasteiger partial charge in [-0.25, -0.2) is 0 Å². The molecule has 0 aliphatic carbocycles. The van der Waals surface area contributed by atoms with Crippen LogP contribution in [0.15, 0.2) is 0 Å². The second kappa shape index (κ2) is 11.6. The third kappa shape index (κ3) is 9.49. The van der Waals surface area contributed by atoms with Gasteiger partial charge in [0.05, 0.1) is 5.92 Å². The Balaban J connectivity index is 3.62. The number of carboxylic acids is 1. The van der Waals surface area contributed by atoms with Crippen molar-refractivity contribution in [1.29, 1.82) is 0 Å². The summed E-state index contributed by atoms with van der Waals surface area (Å²) in [6.45, 7) is 6.67. The maximum Gasteiger partial charge on any atom is 0.306 e. The minimum atomic E-state index is -0.595. The van der Waals surface area contributed by atoms with Crippen molar-refractivity contribution in [3.63, 3.8) is 0 Å². The first-order valence-corrected chi connectivity index (χ1v) is 7.84. The van der Waals surface area contributed by atoms with Gasteiger partial charge >= 0.3 is 5.97 Å². The molecule has 0 bridgehead atoms. The van der Waals surface area contributed by atoms with Gasteiger partial charge in [-0.3, -0.25) is 4.79 Å². The largest absolute Gasteiger partial charge is 0.481 e. The number of hydrogen-bond donors (Lipinski definition) is 1. The maximum absolute atomic E-state index is 11.1. The fourth-order valence-electron chi connectivity index (χ4n) is 2.42. The Morgan fingerprint density at radius 3 is 1.89 bits per heavy atom. The molecule has 0 aromatic heterocycles. The van der Waals surface area contributed by atoms with Crippen LogP contribution in [0.5, 0.6) is 0 Å². The van der Waals surface area contributed by atoms with Gasteiger partial charge in [-0.05, 0) is 18.8 Å². The van der Waals surface area contributed by atoms with Crippen LogP contribution in [0.3, 0.4) is 0 Å². The monoisotopic (exact) mass is 256 g/mol. The third-order valence-electron chi connectivity index (χ3n) is 3.81. The van der Waals surface area contributed by atoms with Crippen molar-refractivity contribution in [2.24, 2.45) is 11.8 Å². The summed E-state index contributed by atoms with van der Waals surface area (Å²) in [4.78, 5) is 11.1. The normalized spacial score (nSPS) is 14.4. The first-order chi connectivity index (χ1) is 8.61. The fourth-order valence-corrected chi connectivity index (χ4v) is 2.42. The van der Waals surface area contributed by atoms with Crippen molar-refractivity contribution in [2.75, 3.05) is 0 Å². The van der Waals surface area contributed by atoms with Crippen LogP contribution in [-0.4, -0.2) is 11.1 Å². The van der Waals surface area contributed by atoms with E-state index in [0.29, 0.717) is 0 Å². The van der Waals surface area contributed by atoms with E-state index in [4.69, 9.17) is 5.11 Å². The van der Waals surface area contributed by atoms with E-state index in [0.717, 1.165) is 38.0 Å². The molecule has 0 spiro atoms. The molecule has 0 aromatic rings. The molecule has 2 heteroatoms. The van der Waals surface area contributed by atoms with Crippen LogP contribution in [0.1, 0.15) is 85.0 Å². The van der Waals surface area contributed by atoms with Gasteiger partial charge in [-0.2, -0.15) is 0 Å². The summed E-state index contributed by atoms with van der Waals surface area (Å²) in [5, 5.41) is 9.12. The standard InChI is InChI=1S/C16H32O2/c1-4-6-10-14(3)11-8-9-13-15(16(17)18)12-7-5-2/h14-15H,4-13H2,1-3H3,(H,17,18). The van der Waals surface area contributed by atoms with Crippen LogP contribution in [-0.2, 0) is 4.79 Å². The molecular formula is C16H32O2. The summed E-state index contributed by atoms with van der Waals surface area (Å²) in [6.07, 6.45) is 11.3. The zero-order valence-corrected chi connectivity index (χ0v) is 12.6. The number of hydrogen-bond acceptors (Lipinski definition) is 1. The molecule has 1 N–H and O–H groups in total. The Labute approximate surface area is 113 Å². The molecule has 108 valence electrons. The van der Waals surface area contributed by atoms with Crippen LogP contribution in [0, 0.1) is 11.8 Å². The smallest absolute Gasteiger partial charge is 0.306 e. The van der Waals surface area contributed by atoms with Crippen molar-refractivity contribution >= 4 is 5.97 Å². The van der Waals surface area contributed by atoms with E-state index in [1.165, 1.54) is 32.1 Å². The molecule has 0 aliphatic heterocycles. The summed E-state index contributed by atoms with van der Waals surface area (Å²) in [5.74, 6) is 0.113. The van der Waals surface area contributed by atoms with Gasteiger partial charge in [0.25, 0.3) is 0 Å². The maximum atomic E-state index is 11.1. The lowest BCUT2D eigenvalue weighted by Crippen LogP contribution is -2.13. The molecule has 0 saturated heterocycles. The van der Waals surface area contributed by atoms with Crippen molar-refractivity contribution in [2.45, 2.75) is 85.0 Å². The molecule has 2 nitrogen and oxygen atoms in total. The fraction of sp³-hybridized carbons (Fsp3) is 0.938. The molecule has 0 fully saturated rings. The lowest BCUT2D eigenvalue weighted by atomic mass is 9.93. The van der Waals surface area contributed by atoms with E-state index < -0.39 is 5.97 Å². The molecule has 0 amide bonds. The highest BCUT2D eigenvalue weighted by molar-refractivity contribution is 5.69. The van der Waals surface area contributed by atoms with Gasteiger partial charge in [0.2, 0.25) is 0 Å². The molecule has 0 heterocycles. The Hall–Kier alpha value is -0.530. The molecule has 0 aromatic carbocycles. The summed E-state index contributed by atoms with van der Waals surface area (Å²) in [6, 6.07) is 0. The highest BCUT2D eigenvalue weighted by Crippen LogP contribution is 2.20. The quantitative estimate of drug-likeness (QED) is 0.483. The molecule has 18 heavy (non-hydrogen) atoms. The predicted octanol–water partition coefficient (Wildman–Crippen LogP) is 5.26. The first kappa shape index (κ1) is 17.5. The van der Waals surface area contributed by atoms with E-state index >= 15 is 0 Å². The minimum absolute atomic E-state index is 0.101. The van der Waals surface area contributed by atoms with Crippen molar-refractivity contribution < 1.29 is 9.90 Å². The second-order valence-corrected chi connectivity index (χ2v) is 5.71. The molecule has 0 rings (SSSR count). The molecule has 2 unspecified atom stereocenters. The lowest BCUT2D eigenvalue weighted by molar-refractivity contribution is -0.142. The summed E-state index contributed by atoms with van der Waals surface area (Å²) in [5.41, 5.74) is 0. The highest BCUT2D eigenvalue weighted by Gasteiger charge is 2.16. The number of rotatable bonds is 12. The van der Waals surface area contributed by atoms with Gasteiger partial charge in [0.1, 0.15) is 0 Å². The van der Waals surface area contributed by atoms with Crippen LogP contribution < -0.4 is 0 Å². The van der Waals surface area contributed by atoms with Crippen molar-refractivity contribution in [1.82, 2.24) is 0 Å². The second-order valence-electron chi connectivity index (χ2n) is 5.71. The summed E-state index contributed by atoms with van der Waals surface area (Å²) >= 11 is 0. The Morgan fingerprint density at radius 2 is 1.33 bits per heavy atom. The van der Waals surface area contributed by atoms with Gasteiger partial charge in [-0.1, -0.05) is 72.1 Å².